The van der Waals surface area contributed by atoms with Crippen LogP contribution >= 0.6 is 0 Å². The smallest absolute Gasteiger partial charge is 0.318 e. The molecule has 0 saturated carbocycles. The van der Waals surface area contributed by atoms with Gasteiger partial charge in [-0.2, -0.15) is 0 Å². The number of aromatic amines is 1. The predicted octanol–water partition coefficient (Wildman–Crippen LogP) is 1.75. The van der Waals surface area contributed by atoms with Crippen LogP contribution in [-0.2, 0) is 6.54 Å². The number of aromatic nitrogens is 2. The second-order valence-electron chi connectivity index (χ2n) is 7.12. The summed E-state index contributed by atoms with van der Waals surface area (Å²) in [6.45, 7) is 2.89. The summed E-state index contributed by atoms with van der Waals surface area (Å²) in [7, 11) is 1.49. The second kappa shape index (κ2) is 8.93. The molecule has 3 rings (SSSR count). The Morgan fingerprint density at radius 2 is 2.07 bits per heavy atom. The zero-order valence-electron chi connectivity index (χ0n) is 16.8. The van der Waals surface area contributed by atoms with Crippen LogP contribution < -0.4 is 10.9 Å². The van der Waals surface area contributed by atoms with Crippen molar-refractivity contribution in [2.24, 2.45) is 0 Å². The van der Waals surface area contributed by atoms with Crippen molar-refractivity contribution in [3.8, 4) is 5.75 Å². The number of H-pyrrole nitrogens is 1. The van der Waals surface area contributed by atoms with Gasteiger partial charge in [-0.05, 0) is 37.5 Å². The maximum Gasteiger partial charge on any atom is 0.318 e. The average Bonchev–Trinajstić information content (AvgIpc) is 3.21. The number of nitrogens with one attached hydrogen (secondary N) is 2. The van der Waals surface area contributed by atoms with E-state index in [4.69, 9.17) is 0 Å². The Labute approximate surface area is 172 Å². The number of amides is 3. The van der Waals surface area contributed by atoms with E-state index in [1.165, 1.54) is 24.1 Å². The van der Waals surface area contributed by atoms with Crippen LogP contribution in [0.1, 0.15) is 47.7 Å². The van der Waals surface area contributed by atoms with Gasteiger partial charge in [-0.15, -0.1) is 0 Å². The molecule has 9 nitrogen and oxygen atoms in total. The van der Waals surface area contributed by atoms with Gasteiger partial charge in [0.2, 0.25) is 5.75 Å². The highest BCUT2D eigenvalue weighted by Gasteiger charge is 2.33. The highest BCUT2D eigenvalue weighted by molar-refractivity contribution is 5.94. The first-order valence-electron chi connectivity index (χ1n) is 9.69. The largest absolute Gasteiger partial charge is 0.501 e. The van der Waals surface area contributed by atoms with Crippen molar-refractivity contribution in [3.63, 3.8) is 0 Å². The molecular weight excluding hydrogens is 393 g/mol. The maximum atomic E-state index is 13.1. The number of hydrogen-bond acceptors (Lipinski definition) is 5. The monoisotopic (exact) mass is 417 g/mol. The molecule has 1 fully saturated rings. The third kappa shape index (κ3) is 4.42. The van der Waals surface area contributed by atoms with Crippen LogP contribution in [0.2, 0.25) is 0 Å². The molecule has 30 heavy (non-hydrogen) atoms. The molecule has 1 saturated heterocycles. The molecular formula is C20H24FN5O4. The summed E-state index contributed by atoms with van der Waals surface area (Å²) in [5, 5.41) is 12.9. The molecule has 0 bridgehead atoms. The molecule has 1 aliphatic rings. The van der Waals surface area contributed by atoms with Gasteiger partial charge in [-0.1, -0.05) is 12.1 Å². The Hall–Kier alpha value is -3.43. The van der Waals surface area contributed by atoms with Crippen LogP contribution in [-0.4, -0.2) is 56.9 Å². The van der Waals surface area contributed by atoms with Gasteiger partial charge in [-0.25, -0.2) is 14.2 Å². The molecule has 0 spiro atoms. The van der Waals surface area contributed by atoms with Crippen molar-refractivity contribution in [1.29, 1.82) is 0 Å². The summed E-state index contributed by atoms with van der Waals surface area (Å²) in [5.41, 5.74) is -0.558. The maximum absolute atomic E-state index is 13.1. The number of likely N-dealkylation sites (tertiary alicyclic amines) is 1. The van der Waals surface area contributed by atoms with E-state index < -0.39 is 23.3 Å². The zero-order chi connectivity index (χ0) is 21.8. The number of halogens is 1. The minimum absolute atomic E-state index is 0.136. The van der Waals surface area contributed by atoms with E-state index in [1.54, 1.807) is 24.0 Å². The lowest BCUT2D eigenvalue weighted by molar-refractivity contribution is 0.0774. The van der Waals surface area contributed by atoms with Gasteiger partial charge in [0.25, 0.3) is 11.5 Å². The van der Waals surface area contributed by atoms with E-state index in [2.05, 4.69) is 15.3 Å². The fourth-order valence-electron chi connectivity index (χ4n) is 3.45. The second-order valence-corrected chi connectivity index (χ2v) is 7.12. The molecule has 0 aliphatic carbocycles. The van der Waals surface area contributed by atoms with E-state index in [9.17, 15) is 23.9 Å². The molecule has 1 aliphatic heterocycles. The van der Waals surface area contributed by atoms with Crippen LogP contribution in [0, 0.1) is 5.82 Å². The zero-order valence-corrected chi connectivity index (χ0v) is 16.8. The van der Waals surface area contributed by atoms with E-state index in [0.717, 1.165) is 6.42 Å². The lowest BCUT2D eigenvalue weighted by Gasteiger charge is -2.24. The van der Waals surface area contributed by atoms with E-state index in [0.29, 0.717) is 25.1 Å². The quantitative estimate of drug-likeness (QED) is 0.685. The molecule has 1 atom stereocenters. The van der Waals surface area contributed by atoms with Crippen LogP contribution in [0.15, 0.2) is 29.1 Å². The third-order valence-electron chi connectivity index (χ3n) is 4.95. The Kier molecular flexibility index (Phi) is 6.34. The number of carbonyl (C=O) groups is 2. The molecule has 2 aromatic rings. The lowest BCUT2D eigenvalue weighted by atomic mass is 10.2. The van der Waals surface area contributed by atoms with Gasteiger partial charge in [0.15, 0.2) is 5.69 Å². The molecule has 2 heterocycles. The van der Waals surface area contributed by atoms with Crippen LogP contribution in [0.4, 0.5) is 9.18 Å². The molecule has 3 N–H and O–H groups in total. The normalized spacial score (nSPS) is 15.8. The van der Waals surface area contributed by atoms with Crippen LogP contribution in [0.25, 0.3) is 0 Å². The Morgan fingerprint density at radius 1 is 1.37 bits per heavy atom. The summed E-state index contributed by atoms with van der Waals surface area (Å²) in [6, 6.07) is 4.86. The Morgan fingerprint density at radius 3 is 2.73 bits per heavy atom. The Balaban J connectivity index is 1.87. The molecule has 10 heteroatoms. The van der Waals surface area contributed by atoms with Crippen molar-refractivity contribution >= 4 is 11.9 Å². The average molecular weight is 417 g/mol. The van der Waals surface area contributed by atoms with Gasteiger partial charge in [0.05, 0.1) is 6.04 Å². The van der Waals surface area contributed by atoms with Gasteiger partial charge in [-0.3, -0.25) is 9.59 Å². The number of hydrogen-bond donors (Lipinski definition) is 3. The highest BCUT2D eigenvalue weighted by Crippen LogP contribution is 2.30. The van der Waals surface area contributed by atoms with Crippen molar-refractivity contribution in [3.05, 3.63) is 57.5 Å². The standard InChI is InChI=1S/C20H24FN5O4/c1-3-22-20(30)26-10-4-5-14(26)17-23-15(16(27)18(28)24-17)19(29)25(2)11-12-6-8-13(21)9-7-12/h6-9,14,27H,3-5,10-11H2,1-2H3,(H,22,30)(H,23,24,28). The number of carbonyl (C=O) groups excluding carboxylic acids is 2. The van der Waals surface area contributed by atoms with Crippen molar-refractivity contribution < 1.29 is 19.1 Å². The summed E-state index contributed by atoms with van der Waals surface area (Å²) in [6.07, 6.45) is 1.30. The van der Waals surface area contributed by atoms with Gasteiger partial charge in [0.1, 0.15) is 11.6 Å². The first-order chi connectivity index (χ1) is 14.3. The molecule has 160 valence electrons. The fraction of sp³-hybridized carbons (Fsp3) is 0.400. The van der Waals surface area contributed by atoms with Gasteiger partial charge < -0.3 is 25.2 Å². The molecule has 3 amide bonds. The predicted molar refractivity (Wildman–Crippen MR) is 106 cm³/mol. The fourth-order valence-corrected chi connectivity index (χ4v) is 3.45. The Bertz CT molecular complexity index is 992. The molecule has 1 aromatic carbocycles. The van der Waals surface area contributed by atoms with Crippen molar-refractivity contribution in [1.82, 2.24) is 25.1 Å². The van der Waals surface area contributed by atoms with Crippen molar-refractivity contribution in [2.75, 3.05) is 20.1 Å². The summed E-state index contributed by atoms with van der Waals surface area (Å²) in [5.74, 6) is -1.68. The summed E-state index contributed by atoms with van der Waals surface area (Å²) >= 11 is 0. The van der Waals surface area contributed by atoms with E-state index in [1.807, 2.05) is 0 Å². The number of urea groups is 1. The van der Waals surface area contributed by atoms with Crippen LogP contribution in [0.3, 0.4) is 0 Å². The first-order valence-corrected chi connectivity index (χ1v) is 9.69. The van der Waals surface area contributed by atoms with Gasteiger partial charge >= 0.3 is 6.03 Å². The minimum Gasteiger partial charge on any atom is -0.501 e. The number of aromatic hydroxyl groups is 1. The van der Waals surface area contributed by atoms with Gasteiger partial charge in [0, 0.05) is 26.7 Å². The minimum atomic E-state index is -0.846. The van der Waals surface area contributed by atoms with E-state index >= 15 is 0 Å². The third-order valence-corrected chi connectivity index (χ3v) is 4.95. The molecule has 1 unspecified atom stereocenters. The lowest BCUT2D eigenvalue weighted by Crippen LogP contribution is -2.40. The molecule has 1 aromatic heterocycles. The van der Waals surface area contributed by atoms with E-state index in [-0.39, 0.29) is 29.9 Å². The number of nitrogens with zero attached hydrogens (tertiary/aromatic N) is 3. The number of rotatable bonds is 5. The van der Waals surface area contributed by atoms with Crippen molar-refractivity contribution in [2.45, 2.75) is 32.4 Å². The highest BCUT2D eigenvalue weighted by atomic mass is 19.1. The first kappa shape index (κ1) is 21.3. The summed E-state index contributed by atoms with van der Waals surface area (Å²) < 4.78 is 13.1. The summed E-state index contributed by atoms with van der Waals surface area (Å²) in [4.78, 5) is 46.9. The van der Waals surface area contributed by atoms with Crippen LogP contribution in [0.5, 0.6) is 5.75 Å². The SMILES string of the molecule is CCNC(=O)N1CCCC1c1nc(C(=O)N(C)Cc2ccc(F)cc2)c(O)c(=O)[nH]1. The topological polar surface area (TPSA) is 119 Å². The number of benzene rings is 1. The molecule has 0 radical (unpaired) electrons.